The monoisotopic (exact) mass is 696 g/mol. The molecule has 0 heterocycles. The molecule has 7 heteroatoms. The molecule has 51 heavy (non-hydrogen) atoms. The Kier molecular flexibility index (Phi) is 11.9. The van der Waals surface area contributed by atoms with Crippen molar-refractivity contribution in [2.24, 2.45) is 0 Å². The minimum absolute atomic E-state index is 0.368. The molecule has 6 nitrogen and oxygen atoms in total. The summed E-state index contributed by atoms with van der Waals surface area (Å²) in [4.78, 5) is 12.6. The van der Waals surface area contributed by atoms with Crippen LogP contribution in [0.2, 0.25) is 0 Å². The molecule has 0 atom stereocenters. The molecule has 6 rings (SSSR count). The third-order valence-corrected chi connectivity index (χ3v) is 9.15. The van der Waals surface area contributed by atoms with Crippen LogP contribution in [0.25, 0.3) is 0 Å². The van der Waals surface area contributed by atoms with Crippen LogP contribution in [0.1, 0.15) is 40.3 Å². The maximum atomic E-state index is 13.3. The van der Waals surface area contributed by atoms with Gasteiger partial charge in [0, 0.05) is 22.3 Å². The lowest BCUT2D eigenvalue weighted by Gasteiger charge is -2.35. The van der Waals surface area contributed by atoms with E-state index in [2.05, 4.69) is 6.58 Å². The number of ether oxygens (including phenoxy) is 1. The van der Waals surface area contributed by atoms with Crippen molar-refractivity contribution in [2.75, 3.05) is 0 Å². The first kappa shape index (κ1) is 36.4. The zero-order valence-corrected chi connectivity index (χ0v) is 30.1. The van der Waals surface area contributed by atoms with E-state index in [1.54, 1.807) is 43.3 Å². The van der Waals surface area contributed by atoms with Crippen molar-refractivity contribution in [2.45, 2.75) is 33.3 Å². The van der Waals surface area contributed by atoms with Gasteiger partial charge < -0.3 is 18.3 Å². The highest BCUT2D eigenvalue weighted by Crippen LogP contribution is 2.50. The smallest absolute Gasteiger partial charge is 0.441 e. The topological polar surface area (TPSA) is 71.1 Å². The van der Waals surface area contributed by atoms with Gasteiger partial charge in [-0.1, -0.05) is 151 Å². The quantitative estimate of drug-likeness (QED) is 0.0581. The van der Waals surface area contributed by atoms with Gasteiger partial charge in [0.2, 0.25) is 0 Å². The van der Waals surface area contributed by atoms with Crippen LogP contribution >= 0.6 is 7.82 Å². The molecule has 6 aromatic carbocycles. The molecule has 0 bridgehead atoms. The summed E-state index contributed by atoms with van der Waals surface area (Å²) in [6.07, 6.45) is 0. The van der Waals surface area contributed by atoms with Gasteiger partial charge in [0.25, 0.3) is 0 Å². The summed E-state index contributed by atoms with van der Waals surface area (Å²) in [6.45, 7) is 11.3. The second-order valence-electron chi connectivity index (χ2n) is 12.1. The molecular formula is C44H41O6P. The summed E-state index contributed by atoms with van der Waals surface area (Å²) < 4.78 is 36.3. The second kappa shape index (κ2) is 16.7. The van der Waals surface area contributed by atoms with Crippen molar-refractivity contribution in [1.29, 1.82) is 0 Å². The number of esters is 1. The second-order valence-corrected chi connectivity index (χ2v) is 13.6. The average Bonchev–Trinajstić information content (AvgIpc) is 3.15. The normalized spacial score (nSPS) is 11.0. The summed E-state index contributed by atoms with van der Waals surface area (Å²) in [5.41, 5.74) is 5.24. The van der Waals surface area contributed by atoms with E-state index in [1.807, 2.05) is 148 Å². The zero-order valence-electron chi connectivity index (χ0n) is 29.2. The van der Waals surface area contributed by atoms with Crippen LogP contribution in [0.4, 0.5) is 0 Å². The number of hydrogen-bond donors (Lipinski definition) is 0. The summed E-state index contributed by atoms with van der Waals surface area (Å²) in [7, 11) is -3.93. The Hall–Kier alpha value is -5.84. The van der Waals surface area contributed by atoms with Crippen LogP contribution in [0.3, 0.4) is 0 Å². The Morgan fingerprint density at radius 1 is 0.490 bits per heavy atom. The molecule has 0 aliphatic carbocycles. The molecule has 0 unspecified atom stereocenters. The van der Waals surface area contributed by atoms with Gasteiger partial charge in [0.15, 0.2) is 5.60 Å². The number of carbonyl (C=O) groups excluding carboxylic acids is 1. The van der Waals surface area contributed by atoms with Crippen LogP contribution in [-0.2, 0) is 19.7 Å². The summed E-state index contributed by atoms with van der Waals surface area (Å²) in [5.74, 6) is 0.825. The van der Waals surface area contributed by atoms with Crippen LogP contribution in [0.5, 0.6) is 17.2 Å². The van der Waals surface area contributed by atoms with Gasteiger partial charge in [-0.25, -0.2) is 4.79 Å². The van der Waals surface area contributed by atoms with E-state index in [0.29, 0.717) is 22.8 Å². The van der Waals surface area contributed by atoms with E-state index in [-0.39, 0.29) is 0 Å². The van der Waals surface area contributed by atoms with Gasteiger partial charge in [-0.05, 0) is 64.1 Å². The van der Waals surface area contributed by atoms with Crippen molar-refractivity contribution in [3.05, 3.63) is 209 Å². The maximum absolute atomic E-state index is 13.3. The predicted octanol–water partition coefficient (Wildman–Crippen LogP) is 11.4. The molecule has 258 valence electrons. The molecule has 0 saturated heterocycles. The molecule has 0 aliphatic heterocycles. The fourth-order valence-corrected chi connectivity index (χ4v) is 6.41. The molecule has 0 N–H and O–H groups in total. The lowest BCUT2D eigenvalue weighted by Crippen LogP contribution is -2.35. The van der Waals surface area contributed by atoms with Crippen LogP contribution in [0.15, 0.2) is 176 Å². The number of benzene rings is 6. The van der Waals surface area contributed by atoms with Crippen LogP contribution in [0, 0.1) is 20.8 Å². The number of hydrogen-bond acceptors (Lipinski definition) is 6. The molecule has 0 saturated carbocycles. The molecule has 6 aromatic rings. The highest BCUT2D eigenvalue weighted by molar-refractivity contribution is 7.49. The van der Waals surface area contributed by atoms with Gasteiger partial charge in [-0.3, -0.25) is 0 Å². The van der Waals surface area contributed by atoms with E-state index in [4.69, 9.17) is 18.3 Å². The van der Waals surface area contributed by atoms with E-state index >= 15 is 0 Å². The fraction of sp³-hybridized carbons (Fsp3) is 0.114. The lowest BCUT2D eigenvalue weighted by atomic mass is 9.80. The van der Waals surface area contributed by atoms with Crippen molar-refractivity contribution in [1.82, 2.24) is 0 Å². The van der Waals surface area contributed by atoms with Crippen LogP contribution < -0.4 is 13.6 Å². The predicted molar refractivity (Wildman–Crippen MR) is 203 cm³/mol. The lowest BCUT2D eigenvalue weighted by molar-refractivity contribution is -0.148. The third kappa shape index (κ3) is 9.66. The van der Waals surface area contributed by atoms with E-state index in [0.717, 1.165) is 33.4 Å². The average molecular weight is 697 g/mol. The van der Waals surface area contributed by atoms with Gasteiger partial charge in [0.05, 0.1) is 0 Å². The van der Waals surface area contributed by atoms with E-state index < -0.39 is 19.4 Å². The molecule has 0 aliphatic rings. The number of aryl methyl sites for hydroxylation is 3. The minimum Gasteiger partial charge on any atom is -0.441 e. The highest BCUT2D eigenvalue weighted by atomic mass is 31.2. The van der Waals surface area contributed by atoms with Gasteiger partial charge in [0.1, 0.15) is 17.2 Å². The van der Waals surface area contributed by atoms with Crippen molar-refractivity contribution in [3.63, 3.8) is 0 Å². The Morgan fingerprint density at radius 3 is 1.02 bits per heavy atom. The van der Waals surface area contributed by atoms with E-state index in [9.17, 15) is 9.36 Å². The largest absolute Gasteiger partial charge is 0.647 e. The highest BCUT2D eigenvalue weighted by Gasteiger charge is 2.40. The first-order valence-electron chi connectivity index (χ1n) is 16.5. The SMILES string of the molecule is C=C(C)C(=O)OC(c1ccccc1)(c1ccccc1)c1ccccc1.Cc1ccc(OP(=O)(Oc2ccc(C)cc2)Oc2ccc(C)cc2)cc1. The first-order valence-corrected chi connectivity index (χ1v) is 18.0. The minimum atomic E-state index is -3.93. The van der Waals surface area contributed by atoms with Gasteiger partial charge in [-0.2, -0.15) is 4.57 Å². The fourth-order valence-electron chi connectivity index (χ4n) is 5.16. The Morgan fingerprint density at radius 2 is 0.765 bits per heavy atom. The molecular weight excluding hydrogens is 655 g/mol. The molecule has 0 aromatic heterocycles. The standard InChI is InChI=1S/C23H20O2.C21H21O4P/c1-18(2)22(24)25-23(19-12-6-3-7-13-19,20-14-8-4-9-15-20)21-16-10-5-11-17-21;1-16-4-10-19(11-5-16)23-26(22,24-20-12-6-17(2)7-13-20)25-21-14-8-18(3)9-15-21/h3-17H,1H2,2H3;4-15H,1-3H3. The zero-order chi connectivity index (χ0) is 36.3. The summed E-state index contributed by atoms with van der Waals surface area (Å²) in [6, 6.07) is 51.1. The van der Waals surface area contributed by atoms with Gasteiger partial charge >= 0.3 is 13.8 Å². The molecule has 0 spiro atoms. The molecule has 0 radical (unpaired) electrons. The number of rotatable bonds is 11. The molecule has 0 amide bonds. The van der Waals surface area contributed by atoms with Crippen molar-refractivity contribution < 1.29 is 27.7 Å². The van der Waals surface area contributed by atoms with Crippen LogP contribution in [-0.4, -0.2) is 5.97 Å². The number of carbonyl (C=O) groups is 1. The maximum Gasteiger partial charge on any atom is 0.647 e. The van der Waals surface area contributed by atoms with Gasteiger partial charge in [-0.15, -0.1) is 0 Å². The third-order valence-electron chi connectivity index (χ3n) is 7.85. The molecule has 0 fully saturated rings. The summed E-state index contributed by atoms with van der Waals surface area (Å²) >= 11 is 0. The van der Waals surface area contributed by atoms with Crippen molar-refractivity contribution >= 4 is 13.8 Å². The Balaban J connectivity index is 0.000000198. The first-order chi connectivity index (χ1) is 24.6. The number of phosphoric acid groups is 1. The Labute approximate surface area is 300 Å². The van der Waals surface area contributed by atoms with Crippen molar-refractivity contribution in [3.8, 4) is 17.2 Å². The summed E-state index contributed by atoms with van der Waals surface area (Å²) in [5, 5.41) is 0. The Bertz CT molecular complexity index is 1840. The van der Waals surface area contributed by atoms with E-state index in [1.165, 1.54) is 0 Å². The number of phosphoric ester groups is 1.